The molecule has 18 heavy (non-hydrogen) atoms. The van der Waals surface area contributed by atoms with Crippen molar-refractivity contribution in [2.75, 3.05) is 13.2 Å². The first-order chi connectivity index (χ1) is 8.65. The van der Waals surface area contributed by atoms with Crippen molar-refractivity contribution in [1.29, 1.82) is 0 Å². The molecule has 0 radical (unpaired) electrons. The molecule has 1 saturated carbocycles. The number of ether oxygens (including phenoxy) is 1. The molecule has 1 rings (SSSR count). The summed E-state index contributed by atoms with van der Waals surface area (Å²) in [6, 6.07) is -0.428. The van der Waals surface area contributed by atoms with Crippen LogP contribution in [0.1, 0.15) is 52.4 Å². The fourth-order valence-corrected chi connectivity index (χ4v) is 2.57. The monoisotopic (exact) mass is 257 g/mol. The molecule has 0 aromatic carbocycles. The van der Waals surface area contributed by atoms with E-state index in [1.54, 1.807) is 0 Å². The molecule has 2 N–H and O–H groups in total. The molecule has 0 aromatic heterocycles. The SMILES string of the molecule is CCCC(NCCOC1CCCCC1C)C(=O)O. The van der Waals surface area contributed by atoms with Gasteiger partial charge in [-0.05, 0) is 25.2 Å². The summed E-state index contributed by atoms with van der Waals surface area (Å²) < 4.78 is 5.85. The van der Waals surface area contributed by atoms with E-state index in [-0.39, 0.29) is 0 Å². The first-order valence-electron chi connectivity index (χ1n) is 7.23. The van der Waals surface area contributed by atoms with E-state index in [4.69, 9.17) is 9.84 Å². The molecule has 1 aliphatic carbocycles. The highest BCUT2D eigenvalue weighted by Crippen LogP contribution is 2.25. The van der Waals surface area contributed by atoms with E-state index < -0.39 is 12.0 Å². The van der Waals surface area contributed by atoms with E-state index >= 15 is 0 Å². The third-order valence-corrected chi connectivity index (χ3v) is 3.73. The Bertz CT molecular complexity index is 245. The molecule has 0 aliphatic heterocycles. The van der Waals surface area contributed by atoms with Crippen LogP contribution in [0.25, 0.3) is 0 Å². The molecule has 0 saturated heterocycles. The molecule has 0 bridgehead atoms. The van der Waals surface area contributed by atoms with Crippen molar-refractivity contribution in [3.8, 4) is 0 Å². The zero-order valence-corrected chi connectivity index (χ0v) is 11.7. The smallest absolute Gasteiger partial charge is 0.320 e. The molecule has 106 valence electrons. The van der Waals surface area contributed by atoms with Gasteiger partial charge in [0.2, 0.25) is 0 Å². The van der Waals surface area contributed by atoms with Crippen LogP contribution in [-0.4, -0.2) is 36.4 Å². The zero-order chi connectivity index (χ0) is 13.4. The van der Waals surface area contributed by atoms with Crippen molar-refractivity contribution < 1.29 is 14.6 Å². The van der Waals surface area contributed by atoms with Gasteiger partial charge in [0, 0.05) is 6.54 Å². The minimum atomic E-state index is -0.761. The standard InChI is InChI=1S/C14H27NO3/c1-3-6-12(14(16)17)15-9-10-18-13-8-5-4-7-11(13)2/h11-13,15H,3-10H2,1-2H3,(H,16,17). The molecule has 4 nitrogen and oxygen atoms in total. The quantitative estimate of drug-likeness (QED) is 0.656. The summed E-state index contributed by atoms with van der Waals surface area (Å²) in [6.45, 7) is 5.48. The summed E-state index contributed by atoms with van der Waals surface area (Å²) in [6.07, 6.45) is 6.91. The van der Waals surface area contributed by atoms with Gasteiger partial charge in [-0.25, -0.2) is 0 Å². The van der Waals surface area contributed by atoms with Crippen LogP contribution in [-0.2, 0) is 9.53 Å². The number of hydrogen-bond acceptors (Lipinski definition) is 3. The lowest BCUT2D eigenvalue weighted by Crippen LogP contribution is -2.39. The van der Waals surface area contributed by atoms with Gasteiger partial charge in [-0.3, -0.25) is 4.79 Å². The third kappa shape index (κ3) is 5.36. The summed E-state index contributed by atoms with van der Waals surface area (Å²) in [7, 11) is 0. The predicted molar refractivity (Wildman–Crippen MR) is 71.7 cm³/mol. The molecule has 0 amide bonds. The van der Waals surface area contributed by atoms with Gasteiger partial charge in [-0.2, -0.15) is 0 Å². The lowest BCUT2D eigenvalue weighted by molar-refractivity contribution is -0.139. The fourth-order valence-electron chi connectivity index (χ4n) is 2.57. The first-order valence-corrected chi connectivity index (χ1v) is 7.23. The minimum Gasteiger partial charge on any atom is -0.480 e. The summed E-state index contributed by atoms with van der Waals surface area (Å²) in [5, 5.41) is 12.0. The Morgan fingerprint density at radius 3 is 2.78 bits per heavy atom. The van der Waals surface area contributed by atoms with Crippen molar-refractivity contribution >= 4 is 5.97 Å². The minimum absolute atomic E-state index is 0.370. The van der Waals surface area contributed by atoms with Crippen LogP contribution in [0.15, 0.2) is 0 Å². The Morgan fingerprint density at radius 2 is 2.17 bits per heavy atom. The Morgan fingerprint density at radius 1 is 1.44 bits per heavy atom. The number of carboxylic acids is 1. The average Bonchev–Trinajstić information content (AvgIpc) is 2.35. The lowest BCUT2D eigenvalue weighted by atomic mass is 9.88. The number of hydrogen-bond donors (Lipinski definition) is 2. The van der Waals surface area contributed by atoms with Gasteiger partial charge in [0.05, 0.1) is 12.7 Å². The van der Waals surface area contributed by atoms with E-state index in [0.717, 1.165) is 12.8 Å². The summed E-state index contributed by atoms with van der Waals surface area (Å²) in [5.74, 6) is -0.118. The largest absolute Gasteiger partial charge is 0.480 e. The second kappa shape index (κ2) is 8.48. The predicted octanol–water partition coefficient (Wildman–Crippen LogP) is 2.42. The normalized spacial score (nSPS) is 25.9. The molecular weight excluding hydrogens is 230 g/mol. The molecule has 1 fully saturated rings. The number of carboxylic acid groups (broad SMARTS) is 1. The van der Waals surface area contributed by atoms with Crippen LogP contribution < -0.4 is 5.32 Å². The number of carbonyl (C=O) groups is 1. The topological polar surface area (TPSA) is 58.6 Å². The van der Waals surface area contributed by atoms with Gasteiger partial charge < -0.3 is 15.2 Å². The zero-order valence-electron chi connectivity index (χ0n) is 11.7. The third-order valence-electron chi connectivity index (χ3n) is 3.73. The maximum Gasteiger partial charge on any atom is 0.320 e. The Kier molecular flexibility index (Phi) is 7.28. The van der Waals surface area contributed by atoms with Crippen LogP contribution in [0.5, 0.6) is 0 Å². The number of rotatable bonds is 8. The Labute approximate surface area is 110 Å². The Balaban J connectivity index is 2.14. The maximum atomic E-state index is 10.9. The average molecular weight is 257 g/mol. The van der Waals surface area contributed by atoms with Crippen molar-refractivity contribution in [2.45, 2.75) is 64.5 Å². The van der Waals surface area contributed by atoms with Gasteiger partial charge in [0.25, 0.3) is 0 Å². The highest BCUT2D eigenvalue weighted by molar-refractivity contribution is 5.73. The number of aliphatic carboxylic acids is 1. The lowest BCUT2D eigenvalue weighted by Gasteiger charge is -2.29. The van der Waals surface area contributed by atoms with Crippen LogP contribution >= 0.6 is 0 Å². The van der Waals surface area contributed by atoms with Crippen molar-refractivity contribution in [1.82, 2.24) is 5.32 Å². The van der Waals surface area contributed by atoms with E-state index in [1.165, 1.54) is 19.3 Å². The van der Waals surface area contributed by atoms with Crippen molar-refractivity contribution in [3.63, 3.8) is 0 Å². The number of nitrogens with one attached hydrogen (secondary N) is 1. The molecule has 0 aromatic rings. The van der Waals surface area contributed by atoms with E-state index in [9.17, 15) is 4.79 Å². The Hall–Kier alpha value is -0.610. The molecule has 3 unspecified atom stereocenters. The fraction of sp³-hybridized carbons (Fsp3) is 0.929. The second-order valence-corrected chi connectivity index (χ2v) is 5.30. The van der Waals surface area contributed by atoms with Crippen LogP contribution in [0.2, 0.25) is 0 Å². The van der Waals surface area contributed by atoms with Crippen molar-refractivity contribution in [2.24, 2.45) is 5.92 Å². The highest BCUT2D eigenvalue weighted by Gasteiger charge is 2.21. The summed E-state index contributed by atoms with van der Waals surface area (Å²) >= 11 is 0. The van der Waals surface area contributed by atoms with E-state index in [2.05, 4.69) is 12.2 Å². The molecule has 4 heteroatoms. The van der Waals surface area contributed by atoms with Gasteiger partial charge >= 0.3 is 5.97 Å². The van der Waals surface area contributed by atoms with Crippen LogP contribution in [0.3, 0.4) is 0 Å². The molecule has 0 heterocycles. The molecular formula is C14H27NO3. The van der Waals surface area contributed by atoms with Gasteiger partial charge in [0.15, 0.2) is 0 Å². The summed E-state index contributed by atoms with van der Waals surface area (Å²) in [5.41, 5.74) is 0. The maximum absolute atomic E-state index is 10.9. The van der Waals surface area contributed by atoms with E-state index in [0.29, 0.717) is 31.6 Å². The highest BCUT2D eigenvalue weighted by atomic mass is 16.5. The van der Waals surface area contributed by atoms with Gasteiger partial charge in [-0.15, -0.1) is 0 Å². The van der Waals surface area contributed by atoms with Crippen LogP contribution in [0, 0.1) is 5.92 Å². The molecule has 3 atom stereocenters. The first kappa shape index (κ1) is 15.4. The molecule has 1 aliphatic rings. The van der Waals surface area contributed by atoms with Gasteiger partial charge in [0.1, 0.15) is 6.04 Å². The summed E-state index contributed by atoms with van der Waals surface area (Å²) in [4.78, 5) is 10.9. The van der Waals surface area contributed by atoms with E-state index in [1.807, 2.05) is 6.92 Å². The van der Waals surface area contributed by atoms with Gasteiger partial charge in [-0.1, -0.05) is 33.1 Å². The van der Waals surface area contributed by atoms with Crippen LogP contribution in [0.4, 0.5) is 0 Å². The molecule has 0 spiro atoms. The second-order valence-electron chi connectivity index (χ2n) is 5.30. The van der Waals surface area contributed by atoms with Crippen molar-refractivity contribution in [3.05, 3.63) is 0 Å².